The molecule has 0 aliphatic heterocycles. The molecule has 2 heterocycles. The van der Waals surface area contributed by atoms with Crippen molar-refractivity contribution in [2.45, 2.75) is 20.3 Å². The van der Waals surface area contributed by atoms with Gasteiger partial charge in [-0.3, -0.25) is 0 Å². The number of para-hydroxylation sites is 2. The highest BCUT2D eigenvalue weighted by Gasteiger charge is 2.21. The molecule has 0 saturated carbocycles. The van der Waals surface area contributed by atoms with Gasteiger partial charge in [0.05, 0.1) is 0 Å². The number of rotatable bonds is 6. The highest BCUT2D eigenvalue weighted by molar-refractivity contribution is 6.24. The Morgan fingerprint density at radius 2 is 0.506 bits per heavy atom. The third-order valence-corrected chi connectivity index (χ3v) is 17.7. The summed E-state index contributed by atoms with van der Waals surface area (Å²) in [5, 5.41) is 19.7. The van der Waals surface area contributed by atoms with E-state index < -0.39 is 0 Å². The van der Waals surface area contributed by atoms with E-state index in [9.17, 15) is 0 Å². The SMILES string of the molecule is CCC.c1cc(-c2ccc3ccccc3c2)cc(-c2c3ccccc3c(-c3ccc4oc5ccccc5c4c3)c3ccccc23)c1.c1ccc2c(-c3ccc(-c4c5ccccc5c(-c5ccc6oc7ccccc7c6c5)c5ccccc45)cc3)cccc2c1. The average Bonchev–Trinajstić information content (AvgIpc) is 2.15. The molecule has 2 heteroatoms. The van der Waals surface area contributed by atoms with Crippen molar-refractivity contribution in [2.24, 2.45) is 0 Å². The maximum absolute atomic E-state index is 6.17. The molecule has 2 aromatic heterocycles. The summed E-state index contributed by atoms with van der Waals surface area (Å²) in [6.07, 6.45) is 1.25. The molecule has 0 fully saturated rings. The Balaban J connectivity index is 0.000000137. The van der Waals surface area contributed by atoms with Gasteiger partial charge in [-0.05, 0) is 180 Å². The quantitative estimate of drug-likeness (QED) is 0.155. The molecule has 420 valence electrons. The summed E-state index contributed by atoms with van der Waals surface area (Å²) >= 11 is 0. The zero-order chi connectivity index (χ0) is 59.4. The molecule has 0 aliphatic rings. The average molecular weight is 1140 g/mol. The van der Waals surface area contributed by atoms with Crippen LogP contribution in [0.25, 0.3) is 175 Å². The molecule has 0 saturated heterocycles. The molecule has 89 heavy (non-hydrogen) atoms. The second kappa shape index (κ2) is 22.5. The van der Waals surface area contributed by atoms with Crippen molar-refractivity contribution in [2.75, 3.05) is 0 Å². The molecule has 0 unspecified atom stereocenters. The van der Waals surface area contributed by atoms with Crippen LogP contribution in [0.1, 0.15) is 20.3 Å². The largest absolute Gasteiger partial charge is 0.456 e. The molecule has 0 amide bonds. The van der Waals surface area contributed by atoms with Crippen molar-refractivity contribution in [3.8, 4) is 66.8 Å². The van der Waals surface area contributed by atoms with Crippen LogP contribution >= 0.6 is 0 Å². The number of furan rings is 2. The lowest BCUT2D eigenvalue weighted by molar-refractivity contribution is 0.668. The van der Waals surface area contributed by atoms with E-state index in [0.717, 1.165) is 43.9 Å². The Bertz CT molecular complexity index is 5620. The van der Waals surface area contributed by atoms with E-state index in [1.165, 1.54) is 138 Å². The minimum atomic E-state index is 0.917. The van der Waals surface area contributed by atoms with E-state index in [4.69, 9.17) is 8.83 Å². The molecule has 18 aromatic rings. The number of hydrogen-bond acceptors (Lipinski definition) is 2. The number of hydrogen-bond donors (Lipinski definition) is 0. The smallest absolute Gasteiger partial charge is 0.135 e. The summed E-state index contributed by atoms with van der Waals surface area (Å²) in [7, 11) is 0. The molecular weight excluding hydrogens is 1080 g/mol. The van der Waals surface area contributed by atoms with Gasteiger partial charge < -0.3 is 8.83 Å². The topological polar surface area (TPSA) is 26.3 Å². The predicted octanol–water partition coefficient (Wildman–Crippen LogP) is 25.5. The lowest BCUT2D eigenvalue weighted by Gasteiger charge is -2.18. The summed E-state index contributed by atoms with van der Waals surface area (Å²) in [5.74, 6) is 0. The van der Waals surface area contributed by atoms with Crippen LogP contribution in [0.3, 0.4) is 0 Å². The fraction of sp³-hybridized carbons (Fsp3) is 0.0345. The number of fused-ring (bicyclic) bond motifs is 12. The summed E-state index contributed by atoms with van der Waals surface area (Å²) in [5.41, 5.74) is 18.5. The van der Waals surface area contributed by atoms with Crippen LogP contribution in [0.4, 0.5) is 0 Å². The first kappa shape index (κ1) is 53.2. The standard InChI is InChI=1S/2C42H26O.C3H8/c1-2-12-31-27(10-1)11-9-18-32(31)28-20-22-29(23-21-28)41-34-14-3-5-16-36(34)42(37-17-6-4-15-35(37)41)30-24-25-40-38(26-30)33-13-7-8-19-39(33)43-40;1-2-11-28-24-30(21-20-27(28)10-1)29-12-9-13-31(25-29)41-34-15-3-5-17-36(34)42(37-18-6-4-16-35(37)41)32-22-23-40-38(26-32)33-14-7-8-19-39(33)43-40;1-3-2/h2*1-26H;3H2,1-2H3. The van der Waals surface area contributed by atoms with Gasteiger partial charge in [0.15, 0.2) is 0 Å². The van der Waals surface area contributed by atoms with Crippen molar-refractivity contribution in [1.82, 2.24) is 0 Å². The van der Waals surface area contributed by atoms with Gasteiger partial charge >= 0.3 is 0 Å². The highest BCUT2D eigenvalue weighted by atomic mass is 16.3. The zero-order valence-corrected chi connectivity index (χ0v) is 49.5. The second-order valence-electron chi connectivity index (χ2n) is 23.3. The monoisotopic (exact) mass is 1140 g/mol. The summed E-state index contributed by atoms with van der Waals surface area (Å²) in [6.45, 7) is 4.25. The third-order valence-electron chi connectivity index (χ3n) is 17.7. The van der Waals surface area contributed by atoms with Crippen molar-refractivity contribution in [1.29, 1.82) is 0 Å². The highest BCUT2D eigenvalue weighted by Crippen LogP contribution is 2.48. The lowest BCUT2D eigenvalue weighted by Crippen LogP contribution is -1.91. The van der Waals surface area contributed by atoms with Crippen molar-refractivity contribution < 1.29 is 8.83 Å². The van der Waals surface area contributed by atoms with Crippen LogP contribution in [0.15, 0.2) is 324 Å². The third kappa shape index (κ3) is 9.37. The molecular formula is C87H60O2. The van der Waals surface area contributed by atoms with Crippen molar-refractivity contribution in [3.63, 3.8) is 0 Å². The molecule has 16 aromatic carbocycles. The summed E-state index contributed by atoms with van der Waals surface area (Å²) in [4.78, 5) is 0. The fourth-order valence-corrected chi connectivity index (χ4v) is 13.8. The zero-order valence-electron chi connectivity index (χ0n) is 49.5. The minimum absolute atomic E-state index is 0.917. The van der Waals surface area contributed by atoms with Gasteiger partial charge in [-0.2, -0.15) is 0 Å². The fourth-order valence-electron chi connectivity index (χ4n) is 13.8. The molecule has 0 N–H and O–H groups in total. The van der Waals surface area contributed by atoms with Gasteiger partial charge in [0.25, 0.3) is 0 Å². The van der Waals surface area contributed by atoms with E-state index in [1.54, 1.807) is 0 Å². The predicted molar refractivity (Wildman–Crippen MR) is 381 cm³/mol. The molecule has 18 rings (SSSR count). The lowest BCUT2D eigenvalue weighted by atomic mass is 9.85. The molecule has 0 atom stereocenters. The second-order valence-corrected chi connectivity index (χ2v) is 23.3. The van der Waals surface area contributed by atoms with Crippen LogP contribution < -0.4 is 0 Å². The maximum Gasteiger partial charge on any atom is 0.135 e. The van der Waals surface area contributed by atoms with Crippen LogP contribution in [0.2, 0.25) is 0 Å². The first-order valence-corrected chi connectivity index (χ1v) is 31.0. The van der Waals surface area contributed by atoms with Crippen molar-refractivity contribution in [3.05, 3.63) is 315 Å². The van der Waals surface area contributed by atoms with E-state index in [2.05, 4.69) is 305 Å². The van der Waals surface area contributed by atoms with Gasteiger partial charge in [0.1, 0.15) is 22.3 Å². The van der Waals surface area contributed by atoms with E-state index in [0.29, 0.717) is 0 Å². The molecule has 0 radical (unpaired) electrons. The van der Waals surface area contributed by atoms with Crippen LogP contribution in [0, 0.1) is 0 Å². The number of benzene rings is 16. The van der Waals surface area contributed by atoms with Gasteiger partial charge in [0, 0.05) is 21.5 Å². The molecule has 0 bridgehead atoms. The molecule has 0 spiro atoms. The van der Waals surface area contributed by atoms with E-state index >= 15 is 0 Å². The van der Waals surface area contributed by atoms with Crippen LogP contribution in [-0.2, 0) is 0 Å². The first-order valence-electron chi connectivity index (χ1n) is 31.0. The van der Waals surface area contributed by atoms with Crippen LogP contribution in [0.5, 0.6) is 0 Å². The Morgan fingerprint density at radius 3 is 1.00 bits per heavy atom. The van der Waals surface area contributed by atoms with E-state index in [-0.39, 0.29) is 0 Å². The summed E-state index contributed by atoms with van der Waals surface area (Å²) < 4.78 is 12.3. The Morgan fingerprint density at radius 1 is 0.191 bits per heavy atom. The Labute approximate surface area is 516 Å². The van der Waals surface area contributed by atoms with Gasteiger partial charge in [-0.1, -0.05) is 287 Å². The van der Waals surface area contributed by atoms with Gasteiger partial charge in [-0.15, -0.1) is 0 Å². The Kier molecular flexibility index (Phi) is 13.4. The first-order chi connectivity index (χ1) is 44.1. The van der Waals surface area contributed by atoms with Crippen LogP contribution in [-0.4, -0.2) is 0 Å². The minimum Gasteiger partial charge on any atom is -0.456 e. The normalized spacial score (nSPS) is 11.5. The van der Waals surface area contributed by atoms with Crippen molar-refractivity contribution >= 4 is 109 Å². The molecule has 0 aliphatic carbocycles. The van der Waals surface area contributed by atoms with E-state index in [1.807, 2.05) is 24.3 Å². The summed E-state index contributed by atoms with van der Waals surface area (Å²) in [6, 6.07) is 114. The molecule has 2 nitrogen and oxygen atoms in total. The Hall–Kier alpha value is -11.3. The van der Waals surface area contributed by atoms with Gasteiger partial charge in [0.2, 0.25) is 0 Å². The van der Waals surface area contributed by atoms with Gasteiger partial charge in [-0.25, -0.2) is 0 Å². The maximum atomic E-state index is 6.17.